The molecule has 6 heteroatoms. The van der Waals surface area contributed by atoms with E-state index in [2.05, 4.69) is 20.9 Å². The van der Waals surface area contributed by atoms with Crippen molar-refractivity contribution in [1.29, 1.82) is 0 Å². The van der Waals surface area contributed by atoms with Crippen LogP contribution in [-0.4, -0.2) is 17.4 Å². The van der Waals surface area contributed by atoms with E-state index in [1.165, 1.54) is 3.97 Å². The molecular formula is C16H15BrN2O2S. The van der Waals surface area contributed by atoms with Crippen molar-refractivity contribution in [3.05, 3.63) is 57.8 Å². The highest BCUT2D eigenvalue weighted by atomic mass is 79.9. The summed E-state index contributed by atoms with van der Waals surface area (Å²) in [4.78, 5) is 4.58. The topological polar surface area (TPSA) is 52.0 Å². The summed E-state index contributed by atoms with van der Waals surface area (Å²) >= 11 is 3.49. The van der Waals surface area contributed by atoms with E-state index in [1.54, 1.807) is 37.4 Å². The van der Waals surface area contributed by atoms with Gasteiger partial charge >= 0.3 is 0 Å². The number of fused-ring (bicyclic) bond motifs is 1. The van der Waals surface area contributed by atoms with Crippen molar-refractivity contribution >= 4 is 37.0 Å². The average Bonchev–Trinajstić information content (AvgIpc) is 2.72. The van der Waals surface area contributed by atoms with Crippen molar-refractivity contribution < 1.29 is 8.42 Å². The van der Waals surface area contributed by atoms with E-state index in [4.69, 9.17) is 0 Å². The third-order valence-corrected chi connectivity index (χ3v) is 6.41. The van der Waals surface area contributed by atoms with E-state index in [0.717, 1.165) is 21.0 Å². The molecule has 0 aliphatic rings. The Kier molecular flexibility index (Phi) is 3.61. The predicted molar refractivity (Wildman–Crippen MR) is 90.7 cm³/mol. The van der Waals surface area contributed by atoms with Gasteiger partial charge in [-0.15, -0.1) is 0 Å². The van der Waals surface area contributed by atoms with E-state index in [9.17, 15) is 8.42 Å². The predicted octanol–water partition coefficient (Wildman–Crippen LogP) is 3.96. The first-order valence-corrected chi connectivity index (χ1v) is 9.01. The summed E-state index contributed by atoms with van der Waals surface area (Å²) in [7, 11) is -3.68. The van der Waals surface area contributed by atoms with Crippen molar-refractivity contribution in [2.45, 2.75) is 25.7 Å². The summed E-state index contributed by atoms with van der Waals surface area (Å²) in [6.45, 7) is 5.63. The molecule has 0 aliphatic carbocycles. The van der Waals surface area contributed by atoms with E-state index >= 15 is 0 Å². The van der Waals surface area contributed by atoms with Gasteiger partial charge in [0.1, 0.15) is 0 Å². The van der Waals surface area contributed by atoms with Crippen LogP contribution in [0.3, 0.4) is 0 Å². The fraction of sp³-hybridized carbons (Fsp3) is 0.188. The normalized spacial score (nSPS) is 12.0. The van der Waals surface area contributed by atoms with Crippen LogP contribution in [0.15, 0.2) is 45.9 Å². The zero-order valence-corrected chi connectivity index (χ0v) is 14.9. The minimum atomic E-state index is -3.68. The van der Waals surface area contributed by atoms with Crippen molar-refractivity contribution in [2.24, 2.45) is 0 Å². The first-order chi connectivity index (χ1) is 10.3. The minimum absolute atomic E-state index is 0.257. The highest BCUT2D eigenvalue weighted by Gasteiger charge is 2.25. The second-order valence-electron chi connectivity index (χ2n) is 5.37. The zero-order chi connectivity index (χ0) is 16.1. The maximum Gasteiger partial charge on any atom is 0.269 e. The molecule has 0 unspecified atom stereocenters. The highest BCUT2D eigenvalue weighted by Crippen LogP contribution is 2.32. The van der Waals surface area contributed by atoms with Crippen LogP contribution in [0.4, 0.5) is 0 Å². The molecule has 0 atom stereocenters. The smallest absolute Gasteiger partial charge is 0.237 e. The van der Waals surface area contributed by atoms with Crippen LogP contribution in [0, 0.1) is 20.8 Å². The second kappa shape index (κ2) is 5.21. The van der Waals surface area contributed by atoms with Crippen LogP contribution in [0.1, 0.15) is 16.8 Å². The number of nitrogens with zero attached hydrogens (tertiary/aromatic N) is 2. The number of pyridine rings is 1. The molecule has 2 aromatic heterocycles. The lowest BCUT2D eigenvalue weighted by atomic mass is 10.2. The van der Waals surface area contributed by atoms with Crippen LogP contribution >= 0.6 is 15.9 Å². The fourth-order valence-electron chi connectivity index (χ4n) is 2.44. The van der Waals surface area contributed by atoms with Gasteiger partial charge in [-0.1, -0.05) is 17.7 Å². The lowest BCUT2D eigenvalue weighted by molar-refractivity contribution is 0.587. The third kappa shape index (κ3) is 2.27. The van der Waals surface area contributed by atoms with Crippen molar-refractivity contribution in [2.75, 3.05) is 0 Å². The number of hydrogen-bond donors (Lipinski definition) is 0. The highest BCUT2D eigenvalue weighted by molar-refractivity contribution is 9.10. The van der Waals surface area contributed by atoms with Crippen LogP contribution in [-0.2, 0) is 10.0 Å². The van der Waals surface area contributed by atoms with Gasteiger partial charge in [0, 0.05) is 21.7 Å². The van der Waals surface area contributed by atoms with E-state index < -0.39 is 10.0 Å². The fourth-order valence-corrected chi connectivity index (χ4v) is 4.54. The SMILES string of the molecule is Cc1ccc(S(=O)(=O)n2c(C)c(Br)c3cc(C)cnc32)cc1. The number of hydrogen-bond acceptors (Lipinski definition) is 3. The molecular weight excluding hydrogens is 364 g/mol. The number of benzene rings is 1. The van der Waals surface area contributed by atoms with Crippen LogP contribution < -0.4 is 0 Å². The molecule has 0 saturated carbocycles. The van der Waals surface area contributed by atoms with Crippen LogP contribution in [0.25, 0.3) is 11.0 Å². The van der Waals surface area contributed by atoms with Gasteiger partial charge in [0.25, 0.3) is 10.0 Å². The molecule has 3 aromatic rings. The Morgan fingerprint density at radius 1 is 1.05 bits per heavy atom. The van der Waals surface area contributed by atoms with Gasteiger partial charge in [-0.05, 0) is 60.5 Å². The maximum atomic E-state index is 13.0. The van der Waals surface area contributed by atoms with Crippen molar-refractivity contribution in [3.63, 3.8) is 0 Å². The van der Waals surface area contributed by atoms with Crippen LogP contribution in [0.5, 0.6) is 0 Å². The first-order valence-electron chi connectivity index (χ1n) is 6.78. The summed E-state index contributed by atoms with van der Waals surface area (Å²) in [5, 5.41) is 0.799. The maximum absolute atomic E-state index is 13.0. The van der Waals surface area contributed by atoms with Crippen molar-refractivity contribution in [1.82, 2.24) is 8.96 Å². The molecule has 3 rings (SSSR count). The molecule has 0 saturated heterocycles. The Balaban J connectivity index is 2.34. The van der Waals surface area contributed by atoms with Gasteiger partial charge in [0.2, 0.25) is 0 Å². The largest absolute Gasteiger partial charge is 0.269 e. The standard InChI is InChI=1S/C16H15BrN2O2S/c1-10-4-6-13(7-5-10)22(20,21)19-12(3)15(17)14-8-11(2)9-18-16(14)19/h4-9H,1-3H3. The van der Waals surface area contributed by atoms with Gasteiger partial charge in [-0.3, -0.25) is 0 Å². The lowest BCUT2D eigenvalue weighted by Crippen LogP contribution is -2.15. The molecule has 4 nitrogen and oxygen atoms in total. The summed E-state index contributed by atoms with van der Waals surface area (Å²) in [6.07, 6.45) is 1.68. The molecule has 0 radical (unpaired) electrons. The summed E-state index contributed by atoms with van der Waals surface area (Å²) in [5.41, 5.74) is 3.06. The number of aromatic nitrogens is 2. The lowest BCUT2D eigenvalue weighted by Gasteiger charge is -2.09. The average molecular weight is 379 g/mol. The van der Waals surface area contributed by atoms with Gasteiger partial charge in [-0.2, -0.15) is 0 Å². The van der Waals surface area contributed by atoms with Gasteiger partial charge in [-0.25, -0.2) is 17.4 Å². The molecule has 114 valence electrons. The molecule has 0 spiro atoms. The quantitative estimate of drug-likeness (QED) is 0.677. The zero-order valence-electron chi connectivity index (χ0n) is 12.5. The molecule has 0 N–H and O–H groups in total. The summed E-state index contributed by atoms with van der Waals surface area (Å²) in [5.74, 6) is 0. The monoisotopic (exact) mass is 378 g/mol. The Hall–Kier alpha value is -1.66. The van der Waals surface area contributed by atoms with Gasteiger partial charge < -0.3 is 0 Å². The van der Waals surface area contributed by atoms with Crippen molar-refractivity contribution in [3.8, 4) is 0 Å². The minimum Gasteiger partial charge on any atom is -0.237 e. The van der Waals surface area contributed by atoms with Crippen LogP contribution in [0.2, 0.25) is 0 Å². The Morgan fingerprint density at radius 2 is 1.68 bits per heavy atom. The Labute approximate surface area is 138 Å². The van der Waals surface area contributed by atoms with E-state index in [0.29, 0.717) is 11.3 Å². The number of rotatable bonds is 2. The molecule has 22 heavy (non-hydrogen) atoms. The Bertz CT molecular complexity index is 974. The summed E-state index contributed by atoms with van der Waals surface area (Å²) in [6, 6.07) is 8.76. The molecule has 0 fully saturated rings. The first kappa shape index (κ1) is 15.2. The Morgan fingerprint density at radius 3 is 2.32 bits per heavy atom. The molecule has 0 aliphatic heterocycles. The number of aryl methyl sites for hydroxylation is 2. The second-order valence-corrected chi connectivity index (χ2v) is 7.95. The third-order valence-electron chi connectivity index (χ3n) is 3.61. The van der Waals surface area contributed by atoms with E-state index in [1.807, 2.05) is 19.9 Å². The summed E-state index contributed by atoms with van der Waals surface area (Å²) < 4.78 is 28.0. The molecule has 0 amide bonds. The molecule has 2 heterocycles. The molecule has 0 bridgehead atoms. The van der Waals surface area contributed by atoms with Gasteiger partial charge in [0.05, 0.1) is 4.90 Å². The van der Waals surface area contributed by atoms with Gasteiger partial charge in [0.15, 0.2) is 5.65 Å². The molecule has 1 aromatic carbocycles. The van der Waals surface area contributed by atoms with E-state index in [-0.39, 0.29) is 4.90 Å². The number of halogens is 1.